The van der Waals surface area contributed by atoms with Crippen molar-refractivity contribution in [1.82, 2.24) is 0 Å². The molecule has 0 aliphatic heterocycles. The number of benzene rings is 1. The minimum Gasteiger partial charge on any atom is -0.469 e. The van der Waals surface area contributed by atoms with Gasteiger partial charge >= 0.3 is 11.9 Å². The van der Waals surface area contributed by atoms with Crippen molar-refractivity contribution in [2.45, 2.75) is 45.4 Å². The maximum absolute atomic E-state index is 14.1. The predicted molar refractivity (Wildman–Crippen MR) is 88.2 cm³/mol. The second-order valence-electron chi connectivity index (χ2n) is 6.53. The van der Waals surface area contributed by atoms with Crippen molar-refractivity contribution in [2.75, 3.05) is 7.11 Å². The Morgan fingerprint density at radius 1 is 1.24 bits per heavy atom. The zero-order valence-electron chi connectivity index (χ0n) is 14.5. The van der Waals surface area contributed by atoms with Crippen LogP contribution in [0.5, 0.6) is 0 Å². The second kappa shape index (κ2) is 8.23. The van der Waals surface area contributed by atoms with E-state index in [2.05, 4.69) is 0 Å². The molecule has 1 fully saturated rings. The normalized spacial score (nSPS) is 25.4. The lowest BCUT2D eigenvalue weighted by Gasteiger charge is -2.30. The van der Waals surface area contributed by atoms with Crippen LogP contribution in [0.3, 0.4) is 0 Å². The van der Waals surface area contributed by atoms with Crippen molar-refractivity contribution in [2.24, 2.45) is 11.3 Å². The summed E-state index contributed by atoms with van der Waals surface area (Å²) in [5, 5.41) is 0. The topological polar surface area (TPSA) is 69.7 Å². The summed E-state index contributed by atoms with van der Waals surface area (Å²) in [6.45, 7) is 1.45. The molecule has 2 rings (SSSR count). The number of hydrogen-bond donors (Lipinski definition) is 0. The van der Waals surface area contributed by atoms with E-state index in [1.165, 1.54) is 14.0 Å². The SMILES string of the molecule is COC(=O)[C@@]1(CCC(C)=O)C[C@@H](F)CC1C(=O)OCc1ccccc1. The number of rotatable bonds is 7. The quantitative estimate of drug-likeness (QED) is 0.707. The summed E-state index contributed by atoms with van der Waals surface area (Å²) in [6.07, 6.45) is -1.36. The minimum absolute atomic E-state index is 0.0527. The number of Topliss-reactive ketones (excluding diaryl/α,β-unsaturated/α-hetero) is 1. The summed E-state index contributed by atoms with van der Waals surface area (Å²) >= 11 is 0. The number of carbonyl (C=O) groups is 3. The highest BCUT2D eigenvalue weighted by atomic mass is 19.1. The Labute approximate surface area is 146 Å². The van der Waals surface area contributed by atoms with Gasteiger partial charge in [0.15, 0.2) is 0 Å². The van der Waals surface area contributed by atoms with Crippen molar-refractivity contribution < 1.29 is 28.2 Å². The van der Waals surface area contributed by atoms with Gasteiger partial charge in [-0.05, 0) is 31.7 Å². The molecule has 0 aromatic heterocycles. The van der Waals surface area contributed by atoms with Gasteiger partial charge in [0.1, 0.15) is 18.6 Å². The molecule has 1 aliphatic carbocycles. The number of alkyl halides is 1. The van der Waals surface area contributed by atoms with Gasteiger partial charge in [-0.15, -0.1) is 0 Å². The number of carbonyl (C=O) groups excluding carboxylic acids is 3. The fraction of sp³-hybridized carbons (Fsp3) is 0.526. The fourth-order valence-electron chi connectivity index (χ4n) is 3.46. The Bertz CT molecular complexity index is 630. The van der Waals surface area contributed by atoms with Gasteiger partial charge in [-0.2, -0.15) is 0 Å². The predicted octanol–water partition coefficient (Wildman–Crippen LogP) is 3.01. The Balaban J connectivity index is 2.17. The molecule has 0 spiro atoms. The van der Waals surface area contributed by atoms with Crippen LogP contribution < -0.4 is 0 Å². The van der Waals surface area contributed by atoms with Crippen molar-refractivity contribution in [3.8, 4) is 0 Å². The van der Waals surface area contributed by atoms with Gasteiger partial charge in [-0.3, -0.25) is 9.59 Å². The fourth-order valence-corrected chi connectivity index (χ4v) is 3.46. The zero-order chi connectivity index (χ0) is 18.4. The lowest BCUT2D eigenvalue weighted by molar-refractivity contribution is -0.167. The first-order valence-corrected chi connectivity index (χ1v) is 8.31. The van der Waals surface area contributed by atoms with E-state index in [1.807, 2.05) is 30.3 Å². The number of esters is 2. The summed E-state index contributed by atoms with van der Waals surface area (Å²) in [5.74, 6) is -2.35. The standard InChI is InChI=1S/C19H23FO5/c1-13(21)8-9-19(18(23)24-2)11-15(20)10-16(19)17(22)25-12-14-6-4-3-5-7-14/h3-7,15-16H,8-12H2,1-2H3/t15-,16?,19-/m0/s1. The molecule has 0 bridgehead atoms. The van der Waals surface area contributed by atoms with Crippen LogP contribution in [0, 0.1) is 11.3 Å². The largest absolute Gasteiger partial charge is 0.469 e. The highest BCUT2D eigenvalue weighted by Crippen LogP contribution is 2.49. The first-order valence-electron chi connectivity index (χ1n) is 8.31. The maximum Gasteiger partial charge on any atom is 0.312 e. The second-order valence-corrected chi connectivity index (χ2v) is 6.53. The van der Waals surface area contributed by atoms with E-state index in [9.17, 15) is 18.8 Å². The average molecular weight is 350 g/mol. The molecule has 1 saturated carbocycles. The van der Waals surface area contributed by atoms with Crippen LogP contribution in [-0.4, -0.2) is 31.0 Å². The van der Waals surface area contributed by atoms with E-state index in [-0.39, 0.29) is 38.1 Å². The van der Waals surface area contributed by atoms with E-state index in [0.717, 1.165) is 5.56 Å². The Morgan fingerprint density at radius 3 is 2.52 bits per heavy atom. The third-order valence-electron chi connectivity index (χ3n) is 4.77. The van der Waals surface area contributed by atoms with Gasteiger partial charge in [0.25, 0.3) is 0 Å². The molecule has 5 nitrogen and oxygen atoms in total. The summed E-state index contributed by atoms with van der Waals surface area (Å²) in [4.78, 5) is 36.3. The molecule has 0 heterocycles. The molecule has 0 N–H and O–H groups in total. The van der Waals surface area contributed by atoms with Gasteiger partial charge in [-0.25, -0.2) is 4.39 Å². The number of ether oxygens (including phenoxy) is 2. The molecule has 0 saturated heterocycles. The molecule has 3 atom stereocenters. The molecule has 136 valence electrons. The van der Waals surface area contributed by atoms with Crippen LogP contribution in [0.25, 0.3) is 0 Å². The average Bonchev–Trinajstić information content (AvgIpc) is 2.96. The highest BCUT2D eigenvalue weighted by Gasteiger charge is 2.57. The molecular weight excluding hydrogens is 327 g/mol. The first-order chi connectivity index (χ1) is 11.9. The van der Waals surface area contributed by atoms with Crippen molar-refractivity contribution in [1.29, 1.82) is 0 Å². The van der Waals surface area contributed by atoms with Crippen LogP contribution in [0.1, 0.15) is 38.2 Å². The van der Waals surface area contributed by atoms with Gasteiger partial charge in [0.2, 0.25) is 0 Å². The van der Waals surface area contributed by atoms with Crippen molar-refractivity contribution >= 4 is 17.7 Å². The number of halogens is 1. The summed E-state index contributed by atoms with van der Waals surface area (Å²) in [5.41, 5.74) is -0.536. The molecule has 1 unspecified atom stereocenters. The monoisotopic (exact) mass is 350 g/mol. The summed E-state index contributed by atoms with van der Waals surface area (Å²) in [7, 11) is 1.20. The number of hydrogen-bond acceptors (Lipinski definition) is 5. The minimum atomic E-state index is -1.34. The summed E-state index contributed by atoms with van der Waals surface area (Å²) in [6, 6.07) is 9.11. The molecule has 0 amide bonds. The van der Waals surface area contributed by atoms with Gasteiger partial charge < -0.3 is 14.3 Å². The van der Waals surface area contributed by atoms with Crippen LogP contribution in [0.2, 0.25) is 0 Å². The maximum atomic E-state index is 14.1. The molecule has 25 heavy (non-hydrogen) atoms. The molecule has 1 aromatic rings. The zero-order valence-corrected chi connectivity index (χ0v) is 14.5. The van der Waals surface area contributed by atoms with Gasteiger partial charge in [0.05, 0.1) is 18.4 Å². The van der Waals surface area contributed by atoms with Crippen LogP contribution in [0.4, 0.5) is 4.39 Å². The summed E-state index contributed by atoms with van der Waals surface area (Å²) < 4.78 is 24.3. The lowest BCUT2D eigenvalue weighted by Crippen LogP contribution is -2.41. The Morgan fingerprint density at radius 2 is 1.92 bits per heavy atom. The lowest BCUT2D eigenvalue weighted by atomic mass is 9.73. The molecule has 0 radical (unpaired) electrons. The van der Waals surface area contributed by atoms with Crippen LogP contribution in [0.15, 0.2) is 30.3 Å². The van der Waals surface area contributed by atoms with Crippen LogP contribution in [-0.2, 0) is 30.5 Å². The van der Waals surface area contributed by atoms with Crippen LogP contribution >= 0.6 is 0 Å². The third kappa shape index (κ3) is 4.44. The van der Waals surface area contributed by atoms with E-state index in [4.69, 9.17) is 9.47 Å². The number of ketones is 1. The van der Waals surface area contributed by atoms with Gasteiger partial charge in [0, 0.05) is 6.42 Å². The van der Waals surface area contributed by atoms with Crippen molar-refractivity contribution in [3.05, 3.63) is 35.9 Å². The molecule has 6 heteroatoms. The van der Waals surface area contributed by atoms with E-state index in [1.54, 1.807) is 0 Å². The smallest absolute Gasteiger partial charge is 0.312 e. The van der Waals surface area contributed by atoms with E-state index >= 15 is 0 Å². The first kappa shape index (κ1) is 19.1. The third-order valence-corrected chi connectivity index (χ3v) is 4.77. The molecule has 1 aromatic carbocycles. The number of methoxy groups -OCH3 is 1. The van der Waals surface area contributed by atoms with E-state index in [0.29, 0.717) is 0 Å². The molecular formula is C19H23FO5. The highest BCUT2D eigenvalue weighted by molar-refractivity contribution is 5.87. The van der Waals surface area contributed by atoms with E-state index < -0.39 is 29.4 Å². The van der Waals surface area contributed by atoms with Gasteiger partial charge in [-0.1, -0.05) is 30.3 Å². The molecule has 1 aliphatic rings. The Kier molecular flexibility index (Phi) is 6.28. The Hall–Kier alpha value is -2.24. The van der Waals surface area contributed by atoms with Crippen molar-refractivity contribution in [3.63, 3.8) is 0 Å².